The van der Waals surface area contributed by atoms with E-state index < -0.39 is 0 Å². The third kappa shape index (κ3) is 6.10. The molecule has 0 atom stereocenters. The van der Waals surface area contributed by atoms with E-state index in [4.69, 9.17) is 16.3 Å². The number of ether oxygens (including phenoxy) is 1. The summed E-state index contributed by atoms with van der Waals surface area (Å²) in [5.41, 5.74) is 0. The molecule has 1 fully saturated rings. The molecule has 0 radical (unpaired) electrons. The zero-order valence-electron chi connectivity index (χ0n) is 15.3. The zero-order chi connectivity index (χ0) is 19.8. The highest BCUT2D eigenvalue weighted by atomic mass is 35.5. The van der Waals surface area contributed by atoms with Gasteiger partial charge in [0.05, 0.1) is 6.42 Å². The first-order chi connectivity index (χ1) is 13.6. The Morgan fingerprint density at radius 3 is 2.43 bits per heavy atom. The molecule has 0 bridgehead atoms. The largest absolute Gasteiger partial charge is 0.456 e. The monoisotopic (exact) mass is 420 g/mol. The summed E-state index contributed by atoms with van der Waals surface area (Å²) in [6.07, 6.45) is 3.65. The van der Waals surface area contributed by atoms with Crippen molar-refractivity contribution < 1.29 is 14.3 Å². The van der Waals surface area contributed by atoms with Gasteiger partial charge in [0, 0.05) is 54.2 Å². The van der Waals surface area contributed by atoms with Gasteiger partial charge in [-0.1, -0.05) is 11.6 Å². The van der Waals surface area contributed by atoms with Gasteiger partial charge >= 0.3 is 5.97 Å². The van der Waals surface area contributed by atoms with Crippen LogP contribution < -0.4 is 4.90 Å². The van der Waals surface area contributed by atoms with Crippen LogP contribution in [0.5, 0.6) is 0 Å². The molecule has 1 aromatic heterocycles. The molecule has 1 amide bonds. The molecule has 2 heterocycles. The molecule has 0 unspecified atom stereocenters. The lowest BCUT2D eigenvalue weighted by atomic mass is 10.3. The second kappa shape index (κ2) is 10.3. The van der Waals surface area contributed by atoms with Crippen molar-refractivity contribution in [1.29, 1.82) is 0 Å². The quantitative estimate of drug-likeness (QED) is 0.503. The van der Waals surface area contributed by atoms with E-state index in [1.165, 1.54) is 0 Å². The maximum absolute atomic E-state index is 12.3. The van der Waals surface area contributed by atoms with Crippen LogP contribution in [0.1, 0.15) is 6.42 Å². The molecule has 0 saturated carbocycles. The molecular formula is C19H21ClN4O3S. The van der Waals surface area contributed by atoms with Crippen LogP contribution in [0.25, 0.3) is 0 Å². The maximum Gasteiger partial charge on any atom is 0.307 e. The molecule has 9 heteroatoms. The highest BCUT2D eigenvalue weighted by Gasteiger charge is 2.23. The Morgan fingerprint density at radius 2 is 1.75 bits per heavy atom. The number of anilines is 1. The Bertz CT molecular complexity index is 784. The lowest BCUT2D eigenvalue weighted by Crippen LogP contribution is -2.50. The average molecular weight is 421 g/mol. The fourth-order valence-corrected chi connectivity index (χ4v) is 3.66. The first kappa shape index (κ1) is 20.4. The Labute approximate surface area is 173 Å². The van der Waals surface area contributed by atoms with Crippen LogP contribution in [-0.4, -0.2) is 65.3 Å². The van der Waals surface area contributed by atoms with Crippen LogP contribution in [0.4, 0.5) is 5.95 Å². The predicted molar refractivity (Wildman–Crippen MR) is 109 cm³/mol. The third-order valence-electron chi connectivity index (χ3n) is 4.21. The van der Waals surface area contributed by atoms with Gasteiger partial charge in [0.1, 0.15) is 0 Å². The SMILES string of the molecule is O=C(CCSc1ccc(Cl)cc1)OCC(=O)N1CCN(c2ncccn2)CC1. The number of aromatic nitrogens is 2. The summed E-state index contributed by atoms with van der Waals surface area (Å²) in [4.78, 5) is 37.3. The second-order valence-electron chi connectivity index (χ2n) is 6.13. The summed E-state index contributed by atoms with van der Waals surface area (Å²) in [5, 5.41) is 0.680. The highest BCUT2D eigenvalue weighted by Crippen LogP contribution is 2.21. The van der Waals surface area contributed by atoms with E-state index >= 15 is 0 Å². The topological polar surface area (TPSA) is 75.6 Å². The lowest BCUT2D eigenvalue weighted by molar-refractivity contribution is -0.151. The summed E-state index contributed by atoms with van der Waals surface area (Å²) in [6.45, 7) is 2.21. The average Bonchev–Trinajstić information content (AvgIpc) is 2.74. The molecule has 0 spiro atoms. The van der Waals surface area contributed by atoms with E-state index in [1.807, 2.05) is 29.2 Å². The van der Waals surface area contributed by atoms with Gasteiger partial charge in [0.25, 0.3) is 5.91 Å². The van der Waals surface area contributed by atoms with E-state index in [9.17, 15) is 9.59 Å². The second-order valence-corrected chi connectivity index (χ2v) is 7.73. The molecule has 7 nitrogen and oxygen atoms in total. The van der Waals surface area contributed by atoms with Crippen molar-refractivity contribution in [2.24, 2.45) is 0 Å². The van der Waals surface area contributed by atoms with Crippen LogP contribution >= 0.6 is 23.4 Å². The van der Waals surface area contributed by atoms with E-state index in [1.54, 1.807) is 35.1 Å². The molecular weight excluding hydrogens is 400 g/mol. The number of rotatable bonds is 7. The van der Waals surface area contributed by atoms with Gasteiger partial charge in [-0.3, -0.25) is 9.59 Å². The summed E-state index contributed by atoms with van der Waals surface area (Å²) in [5.74, 6) is 0.711. The van der Waals surface area contributed by atoms with Crippen molar-refractivity contribution >= 4 is 41.2 Å². The molecule has 0 N–H and O–H groups in total. The van der Waals surface area contributed by atoms with Crippen LogP contribution in [0, 0.1) is 0 Å². The number of esters is 1. The van der Waals surface area contributed by atoms with Crippen molar-refractivity contribution in [1.82, 2.24) is 14.9 Å². The number of piperazine rings is 1. The number of hydrogen-bond acceptors (Lipinski definition) is 7. The number of thioether (sulfide) groups is 1. The number of carbonyl (C=O) groups excluding carboxylic acids is 2. The first-order valence-electron chi connectivity index (χ1n) is 8.95. The van der Waals surface area contributed by atoms with Crippen LogP contribution in [0.2, 0.25) is 5.02 Å². The molecule has 3 rings (SSSR count). The van der Waals surface area contributed by atoms with Gasteiger partial charge in [-0.25, -0.2) is 9.97 Å². The minimum atomic E-state index is -0.369. The molecule has 2 aromatic rings. The van der Waals surface area contributed by atoms with Crippen LogP contribution in [0.15, 0.2) is 47.6 Å². The Kier molecular flexibility index (Phi) is 7.50. The van der Waals surface area contributed by atoms with Gasteiger partial charge in [-0.2, -0.15) is 0 Å². The van der Waals surface area contributed by atoms with Gasteiger partial charge in [-0.05, 0) is 30.3 Å². The van der Waals surface area contributed by atoms with Crippen LogP contribution in [-0.2, 0) is 14.3 Å². The number of halogens is 1. The van der Waals surface area contributed by atoms with E-state index in [-0.39, 0.29) is 24.9 Å². The minimum Gasteiger partial charge on any atom is -0.456 e. The predicted octanol–water partition coefficient (Wildman–Crippen LogP) is 2.50. The number of amides is 1. The van der Waals surface area contributed by atoms with Gasteiger partial charge in [-0.15, -0.1) is 11.8 Å². The summed E-state index contributed by atoms with van der Waals surface area (Å²) < 4.78 is 5.12. The van der Waals surface area contributed by atoms with E-state index in [0.29, 0.717) is 42.9 Å². The Balaban J connectivity index is 1.33. The van der Waals surface area contributed by atoms with Gasteiger partial charge < -0.3 is 14.5 Å². The number of carbonyl (C=O) groups is 2. The van der Waals surface area contributed by atoms with Crippen molar-refractivity contribution in [3.8, 4) is 0 Å². The Hall–Kier alpha value is -2.32. The van der Waals surface area contributed by atoms with Crippen molar-refractivity contribution in [3.05, 3.63) is 47.7 Å². The van der Waals surface area contributed by atoms with Crippen molar-refractivity contribution in [2.75, 3.05) is 43.4 Å². The fourth-order valence-electron chi connectivity index (χ4n) is 2.70. The highest BCUT2D eigenvalue weighted by molar-refractivity contribution is 7.99. The smallest absolute Gasteiger partial charge is 0.307 e. The van der Waals surface area contributed by atoms with E-state index in [0.717, 1.165) is 4.90 Å². The van der Waals surface area contributed by atoms with Gasteiger partial charge in [0.15, 0.2) is 6.61 Å². The summed E-state index contributed by atoms with van der Waals surface area (Å²) in [6, 6.07) is 9.20. The molecule has 1 aliphatic heterocycles. The molecule has 0 aliphatic carbocycles. The van der Waals surface area contributed by atoms with E-state index in [2.05, 4.69) is 9.97 Å². The third-order valence-corrected chi connectivity index (χ3v) is 5.48. The Morgan fingerprint density at radius 1 is 1.07 bits per heavy atom. The standard InChI is InChI=1S/C19H21ClN4O3S/c20-15-2-4-16(5-3-15)28-13-6-18(26)27-14-17(25)23-9-11-24(12-10-23)19-21-7-1-8-22-19/h1-5,7-8H,6,9-14H2. The number of benzene rings is 1. The summed E-state index contributed by atoms with van der Waals surface area (Å²) >= 11 is 7.39. The first-order valence-corrected chi connectivity index (χ1v) is 10.3. The molecule has 1 saturated heterocycles. The number of nitrogens with zero attached hydrogens (tertiary/aromatic N) is 4. The lowest BCUT2D eigenvalue weighted by Gasteiger charge is -2.34. The molecule has 1 aliphatic rings. The van der Waals surface area contributed by atoms with Crippen molar-refractivity contribution in [2.45, 2.75) is 11.3 Å². The van der Waals surface area contributed by atoms with Crippen LogP contribution in [0.3, 0.4) is 0 Å². The van der Waals surface area contributed by atoms with Crippen molar-refractivity contribution in [3.63, 3.8) is 0 Å². The molecule has 28 heavy (non-hydrogen) atoms. The zero-order valence-corrected chi connectivity index (χ0v) is 16.9. The fraction of sp³-hybridized carbons (Fsp3) is 0.368. The maximum atomic E-state index is 12.3. The molecule has 148 valence electrons. The molecule has 1 aromatic carbocycles. The normalized spacial score (nSPS) is 14.0. The summed E-state index contributed by atoms with van der Waals surface area (Å²) in [7, 11) is 0. The minimum absolute atomic E-state index is 0.174. The van der Waals surface area contributed by atoms with Gasteiger partial charge in [0.2, 0.25) is 5.95 Å². The number of hydrogen-bond donors (Lipinski definition) is 0.